The predicted octanol–water partition coefficient (Wildman–Crippen LogP) is 2.83. The number of benzene rings is 1. The molecule has 1 aromatic carbocycles. The molecule has 0 spiro atoms. The lowest BCUT2D eigenvalue weighted by Gasteiger charge is -2.18. The summed E-state index contributed by atoms with van der Waals surface area (Å²) in [7, 11) is 5.59. The first-order chi connectivity index (χ1) is 12.3. The van der Waals surface area contributed by atoms with Crippen LogP contribution in [0.5, 0.6) is 0 Å². The molecule has 0 saturated carbocycles. The van der Waals surface area contributed by atoms with E-state index in [9.17, 15) is 14.4 Å². The molecule has 1 heterocycles. The topological polar surface area (TPSA) is 66.9 Å². The number of likely N-dealkylation sites (N-methyl/N-ethyl adjacent to an activating group) is 1. The molecule has 6 nitrogen and oxygen atoms in total. The summed E-state index contributed by atoms with van der Waals surface area (Å²) in [4.78, 5) is 39.7. The summed E-state index contributed by atoms with van der Waals surface area (Å²) in [6.07, 6.45) is 0. The van der Waals surface area contributed by atoms with Crippen molar-refractivity contribution in [2.75, 3.05) is 32.6 Å². The Labute approximate surface area is 157 Å². The van der Waals surface area contributed by atoms with Gasteiger partial charge in [-0.1, -0.05) is 12.1 Å². The molecule has 2 aromatic rings. The average Bonchev–Trinajstić information content (AvgIpc) is 3.10. The van der Waals surface area contributed by atoms with Crippen LogP contribution < -0.4 is 4.90 Å². The summed E-state index contributed by atoms with van der Waals surface area (Å²) in [5.74, 6) is -0.997. The molecule has 0 aliphatic carbocycles. The number of thiophene rings is 1. The van der Waals surface area contributed by atoms with Crippen LogP contribution in [0.2, 0.25) is 0 Å². The van der Waals surface area contributed by atoms with Crippen LogP contribution in [-0.4, -0.2) is 50.3 Å². The second-order valence-electron chi connectivity index (χ2n) is 6.11. The van der Waals surface area contributed by atoms with Crippen LogP contribution in [0.1, 0.15) is 31.8 Å². The number of carbonyl (C=O) groups excluding carboxylic acids is 3. The molecule has 0 aliphatic heterocycles. The lowest BCUT2D eigenvalue weighted by Crippen LogP contribution is -2.30. The number of carbonyl (C=O) groups is 3. The largest absolute Gasteiger partial charge is 0.451 e. The quantitative estimate of drug-likeness (QED) is 0.551. The Kier molecular flexibility index (Phi) is 6.52. The normalized spacial score (nSPS) is 10.3. The van der Waals surface area contributed by atoms with Crippen molar-refractivity contribution >= 4 is 34.7 Å². The molecule has 0 atom stereocenters. The van der Waals surface area contributed by atoms with Crippen LogP contribution in [-0.2, 0) is 16.1 Å². The summed E-state index contributed by atoms with van der Waals surface area (Å²) in [5, 5.41) is 0. The minimum absolute atomic E-state index is 0.106. The van der Waals surface area contributed by atoms with E-state index in [2.05, 4.69) is 0 Å². The number of esters is 1. The van der Waals surface area contributed by atoms with Gasteiger partial charge in [-0.05, 0) is 36.8 Å². The van der Waals surface area contributed by atoms with Crippen molar-refractivity contribution in [1.29, 1.82) is 0 Å². The summed E-state index contributed by atoms with van der Waals surface area (Å²) in [5.41, 5.74) is 2.07. The van der Waals surface area contributed by atoms with E-state index in [-0.39, 0.29) is 18.3 Å². The van der Waals surface area contributed by atoms with Gasteiger partial charge in [0.1, 0.15) is 4.88 Å². The highest BCUT2D eigenvalue weighted by Crippen LogP contribution is 2.18. The summed E-state index contributed by atoms with van der Waals surface area (Å²) in [6.45, 7) is 1.53. The average molecular weight is 374 g/mol. The number of anilines is 1. The number of hydrogen-bond acceptors (Lipinski definition) is 6. The molecular formula is C19H22N2O4S. The van der Waals surface area contributed by atoms with Crippen molar-refractivity contribution in [2.24, 2.45) is 0 Å². The first-order valence-corrected chi connectivity index (χ1v) is 8.87. The van der Waals surface area contributed by atoms with Gasteiger partial charge in [-0.25, -0.2) is 4.79 Å². The van der Waals surface area contributed by atoms with Gasteiger partial charge in [0.05, 0.1) is 4.88 Å². The van der Waals surface area contributed by atoms with Crippen molar-refractivity contribution in [2.45, 2.75) is 13.5 Å². The molecule has 0 aliphatic rings. The minimum atomic E-state index is -0.598. The minimum Gasteiger partial charge on any atom is -0.451 e. The van der Waals surface area contributed by atoms with Gasteiger partial charge >= 0.3 is 5.97 Å². The van der Waals surface area contributed by atoms with E-state index >= 15 is 0 Å². The van der Waals surface area contributed by atoms with Gasteiger partial charge in [-0.3, -0.25) is 9.59 Å². The van der Waals surface area contributed by atoms with Crippen LogP contribution in [0.3, 0.4) is 0 Å². The van der Waals surface area contributed by atoms with Crippen LogP contribution >= 0.6 is 11.3 Å². The molecule has 7 heteroatoms. The molecule has 0 unspecified atom stereocenters. The number of Topliss-reactive ketones (excluding diaryl/α,β-unsaturated/α-hetero) is 1. The Hall–Kier alpha value is -2.67. The second kappa shape index (κ2) is 8.62. The smallest absolute Gasteiger partial charge is 0.348 e. The molecule has 0 fully saturated rings. The Morgan fingerprint density at radius 3 is 2.12 bits per heavy atom. The molecule has 0 N–H and O–H groups in total. The number of hydrogen-bond donors (Lipinski definition) is 0. The Bertz CT molecular complexity index is 796. The van der Waals surface area contributed by atoms with Gasteiger partial charge in [0.25, 0.3) is 5.91 Å². The fourth-order valence-electron chi connectivity index (χ4n) is 2.21. The van der Waals surface area contributed by atoms with Crippen molar-refractivity contribution in [3.63, 3.8) is 0 Å². The highest BCUT2D eigenvalue weighted by atomic mass is 32.1. The standard InChI is InChI=1S/C19H22N2O4S/c1-13(22)16-9-10-17(26-16)19(24)25-12-18(23)21(4)11-14-5-7-15(8-6-14)20(2)3/h5-10H,11-12H2,1-4H3. The predicted molar refractivity (Wildman–Crippen MR) is 102 cm³/mol. The Morgan fingerprint density at radius 1 is 0.962 bits per heavy atom. The highest BCUT2D eigenvalue weighted by Gasteiger charge is 2.16. The third-order valence-electron chi connectivity index (χ3n) is 3.78. The molecule has 0 radical (unpaired) electrons. The summed E-state index contributed by atoms with van der Waals surface area (Å²) in [6, 6.07) is 11.0. The van der Waals surface area contributed by atoms with Crippen LogP contribution in [0.25, 0.3) is 0 Å². The first-order valence-electron chi connectivity index (χ1n) is 8.06. The van der Waals surface area contributed by atoms with E-state index in [1.807, 2.05) is 43.3 Å². The van der Waals surface area contributed by atoms with E-state index in [1.165, 1.54) is 17.9 Å². The third-order valence-corrected chi connectivity index (χ3v) is 4.95. The molecule has 0 saturated heterocycles. The number of rotatable bonds is 7. The first kappa shape index (κ1) is 19.7. The van der Waals surface area contributed by atoms with Gasteiger partial charge in [-0.2, -0.15) is 0 Å². The van der Waals surface area contributed by atoms with Gasteiger partial charge < -0.3 is 14.5 Å². The SMILES string of the molecule is CC(=O)c1ccc(C(=O)OCC(=O)N(C)Cc2ccc(N(C)C)cc2)s1. The summed E-state index contributed by atoms with van der Waals surface area (Å²) >= 11 is 1.06. The Morgan fingerprint density at radius 2 is 1.58 bits per heavy atom. The van der Waals surface area contributed by atoms with Gasteiger partial charge in [0.2, 0.25) is 0 Å². The molecule has 1 aromatic heterocycles. The third kappa shape index (κ3) is 5.16. The maximum Gasteiger partial charge on any atom is 0.348 e. The van der Waals surface area contributed by atoms with E-state index in [1.54, 1.807) is 13.1 Å². The van der Waals surface area contributed by atoms with Crippen LogP contribution in [0.15, 0.2) is 36.4 Å². The fourth-order valence-corrected chi connectivity index (χ4v) is 3.00. The molecular weight excluding hydrogens is 352 g/mol. The number of ether oxygens (including phenoxy) is 1. The van der Waals surface area contributed by atoms with Crippen LogP contribution in [0.4, 0.5) is 5.69 Å². The molecule has 138 valence electrons. The summed E-state index contributed by atoms with van der Waals surface area (Å²) < 4.78 is 5.05. The monoisotopic (exact) mass is 374 g/mol. The van der Waals surface area contributed by atoms with E-state index in [4.69, 9.17) is 4.74 Å². The lowest BCUT2D eigenvalue weighted by atomic mass is 10.2. The molecule has 26 heavy (non-hydrogen) atoms. The highest BCUT2D eigenvalue weighted by molar-refractivity contribution is 7.15. The van der Waals surface area contributed by atoms with Crippen molar-refractivity contribution in [3.05, 3.63) is 51.7 Å². The zero-order chi connectivity index (χ0) is 19.3. The number of ketones is 1. The molecule has 1 amide bonds. The Balaban J connectivity index is 1.86. The zero-order valence-electron chi connectivity index (χ0n) is 15.3. The van der Waals surface area contributed by atoms with Gasteiger partial charge in [0.15, 0.2) is 12.4 Å². The second-order valence-corrected chi connectivity index (χ2v) is 7.19. The van der Waals surface area contributed by atoms with Gasteiger partial charge in [-0.15, -0.1) is 11.3 Å². The van der Waals surface area contributed by atoms with E-state index in [0.29, 0.717) is 16.3 Å². The van der Waals surface area contributed by atoms with Crippen molar-refractivity contribution in [3.8, 4) is 0 Å². The van der Waals surface area contributed by atoms with Crippen molar-refractivity contribution < 1.29 is 19.1 Å². The fraction of sp³-hybridized carbons (Fsp3) is 0.316. The zero-order valence-corrected chi connectivity index (χ0v) is 16.1. The van der Waals surface area contributed by atoms with Crippen molar-refractivity contribution in [1.82, 2.24) is 4.90 Å². The van der Waals surface area contributed by atoms with E-state index in [0.717, 1.165) is 22.6 Å². The molecule has 2 rings (SSSR count). The van der Waals surface area contributed by atoms with Crippen LogP contribution in [0, 0.1) is 0 Å². The number of amides is 1. The van der Waals surface area contributed by atoms with E-state index < -0.39 is 5.97 Å². The molecule has 0 bridgehead atoms. The number of nitrogens with zero attached hydrogens (tertiary/aromatic N) is 2. The van der Waals surface area contributed by atoms with Gasteiger partial charge in [0, 0.05) is 33.4 Å². The lowest BCUT2D eigenvalue weighted by molar-refractivity contribution is -0.133. The maximum absolute atomic E-state index is 12.2. The maximum atomic E-state index is 12.2.